The predicted octanol–water partition coefficient (Wildman–Crippen LogP) is 8.24. The summed E-state index contributed by atoms with van der Waals surface area (Å²) >= 11 is 0. The molecule has 6 heterocycles. The van der Waals surface area contributed by atoms with Crippen molar-refractivity contribution < 1.29 is 56.5 Å². The maximum Gasteiger partial charge on any atom is 0.379 e. The van der Waals surface area contributed by atoms with Crippen molar-refractivity contribution in [1.29, 1.82) is 0 Å². The van der Waals surface area contributed by atoms with Gasteiger partial charge in [0.1, 0.15) is 51.9 Å². The smallest absolute Gasteiger partial charge is 0.379 e. The number of H-pyrrole nitrogens is 1. The zero-order valence-electron chi connectivity index (χ0n) is 43.3. The van der Waals surface area contributed by atoms with Crippen molar-refractivity contribution in [3.05, 3.63) is 245 Å². The first-order valence-electron chi connectivity index (χ1n) is 24.3. The van der Waals surface area contributed by atoms with Gasteiger partial charge in [0.15, 0.2) is 5.78 Å². The maximum atomic E-state index is 12.9. The van der Waals surface area contributed by atoms with Crippen molar-refractivity contribution in [2.45, 2.75) is 40.0 Å². The molecule has 1 fully saturated rings. The highest BCUT2D eigenvalue weighted by atomic mass is 19.1. The molecule has 3 N–H and O–H groups in total. The van der Waals surface area contributed by atoms with Crippen LogP contribution in [0.15, 0.2) is 182 Å². The van der Waals surface area contributed by atoms with Crippen LogP contribution in [0.3, 0.4) is 0 Å². The Kier molecular flexibility index (Phi) is 21.6. The van der Waals surface area contributed by atoms with E-state index in [-0.39, 0.29) is 65.8 Å². The number of amides is 1. The average molecular weight is 1100 g/mol. The van der Waals surface area contributed by atoms with E-state index in [1.165, 1.54) is 95.2 Å². The van der Waals surface area contributed by atoms with Crippen molar-refractivity contribution in [2.75, 3.05) is 20.2 Å². The highest BCUT2D eigenvalue weighted by molar-refractivity contribution is 6.46. The molecule has 10 rings (SSSR count). The molecule has 0 aliphatic carbocycles. The number of aromatic nitrogens is 10. The minimum atomic E-state index is -1.04. The van der Waals surface area contributed by atoms with Gasteiger partial charge in [0, 0.05) is 63.4 Å². The monoisotopic (exact) mass is 1100 g/mol. The molecular formula is C57H53F4N11O8. The fourth-order valence-corrected chi connectivity index (χ4v) is 7.25. The van der Waals surface area contributed by atoms with Crippen LogP contribution in [0.25, 0.3) is 11.5 Å². The Morgan fingerprint density at radius 1 is 0.600 bits per heavy atom. The zero-order valence-corrected chi connectivity index (χ0v) is 43.3. The lowest BCUT2D eigenvalue weighted by Crippen LogP contribution is -2.22. The summed E-state index contributed by atoms with van der Waals surface area (Å²) in [6, 6.07) is 32.7. The number of likely N-dealkylation sites (N-methyl/N-ethyl adjacent to an activating group) is 1. The first-order valence-corrected chi connectivity index (χ1v) is 24.3. The van der Waals surface area contributed by atoms with Gasteiger partial charge in [0.2, 0.25) is 0 Å². The highest BCUT2D eigenvalue weighted by Crippen LogP contribution is 2.23. The number of ketones is 3. The number of Topliss-reactive ketones (excluding diaryl/α,β-unsaturated/α-hetero) is 2. The number of carbonyl (C=O) groups excluding carboxylic acids is 5. The van der Waals surface area contributed by atoms with E-state index >= 15 is 0 Å². The van der Waals surface area contributed by atoms with Crippen LogP contribution in [0.1, 0.15) is 58.0 Å². The number of carbonyl (C=O) groups is 5. The van der Waals surface area contributed by atoms with Crippen LogP contribution in [-0.2, 0) is 50.1 Å². The third kappa shape index (κ3) is 17.6. The van der Waals surface area contributed by atoms with Gasteiger partial charge in [0.05, 0.1) is 44.9 Å². The van der Waals surface area contributed by atoms with E-state index in [1.807, 2.05) is 18.3 Å². The maximum absolute atomic E-state index is 12.9. The number of ether oxygens (including phenoxy) is 1. The topological polar surface area (TPSA) is 238 Å². The predicted molar refractivity (Wildman–Crippen MR) is 284 cm³/mol. The first kappa shape index (κ1) is 58.9. The van der Waals surface area contributed by atoms with Gasteiger partial charge < -0.3 is 19.8 Å². The van der Waals surface area contributed by atoms with Gasteiger partial charge in [-0.1, -0.05) is 48.5 Å². The third-order valence-electron chi connectivity index (χ3n) is 11.2. The second-order valence-corrected chi connectivity index (χ2v) is 17.1. The second kappa shape index (κ2) is 29.3. The molecular weight excluding hydrogens is 1040 g/mol. The number of esters is 1. The molecule has 9 aromatic rings. The standard InChI is InChI=1S/C16H14FN3O3.C16H15FN2O4.C12H11FN2O.C10H9FN2.C3H4N2/c1-19-9-12(15(22)16(19)23)14(21)13-6-7-18-20(13)8-10-2-4-11(17)5-3-10;1-2-23-16(22)15(21)9-14(20)13-7-8-18-19(13)10-11-3-5-12(17)6-4-11;1-9(16)12-6-7-14-15(12)8-10-2-4-11(13)5-3-10;11-10-4-2-9(3-5-10)8-13-7-1-6-12-13;1-2-4-5-3-1/h2-7,21H,8-9H2,1H3;3-9,20H,2,10H2,1H3;2-7H,8H2,1H3;1-7H,8H2;1-3H,(H,4,5). The summed E-state index contributed by atoms with van der Waals surface area (Å²) in [6.45, 7) is 4.94. The number of hydrogen-bond acceptors (Lipinski definition) is 13. The van der Waals surface area contributed by atoms with E-state index in [4.69, 9.17) is 0 Å². The summed E-state index contributed by atoms with van der Waals surface area (Å²) in [6.07, 6.45) is 12.4. The SMILES string of the molecule is CC(=O)c1ccnn1Cc1ccc(F)cc1.CCOC(=O)C(=O)C=C(O)c1ccnn1Cc1ccc(F)cc1.CN1CC(=C(O)c2ccnn2Cc2ccc(F)cc2)C(=O)C1=O.Fc1ccc(Cn2cccn2)cc1.c1cn[nH]c1. The number of hydrogen-bond donors (Lipinski definition) is 3. The van der Waals surface area contributed by atoms with Crippen molar-refractivity contribution in [1.82, 2.24) is 54.2 Å². The molecule has 1 saturated heterocycles. The van der Waals surface area contributed by atoms with Gasteiger partial charge in [-0.2, -0.15) is 25.5 Å². The van der Waals surface area contributed by atoms with E-state index in [0.29, 0.717) is 31.0 Å². The summed E-state index contributed by atoms with van der Waals surface area (Å²) in [7, 11) is 1.50. The number of rotatable bonds is 14. The fraction of sp³-hybridized carbons (Fsp3) is 0.158. The number of nitrogens with zero attached hydrogens (tertiary/aromatic N) is 10. The highest BCUT2D eigenvalue weighted by Gasteiger charge is 2.35. The summed E-state index contributed by atoms with van der Waals surface area (Å²) < 4.78 is 62.0. The van der Waals surface area contributed by atoms with Crippen LogP contribution in [0.4, 0.5) is 17.6 Å². The molecule has 1 aliphatic rings. The Labute approximate surface area is 455 Å². The zero-order chi connectivity index (χ0) is 57.6. The van der Waals surface area contributed by atoms with Crippen molar-refractivity contribution >= 4 is 40.7 Å². The molecule has 80 heavy (non-hydrogen) atoms. The lowest BCUT2D eigenvalue weighted by Gasteiger charge is -2.09. The number of nitrogens with one attached hydrogen (secondary N) is 1. The molecule has 0 bridgehead atoms. The van der Waals surface area contributed by atoms with Crippen LogP contribution < -0.4 is 0 Å². The molecule has 1 aliphatic heterocycles. The van der Waals surface area contributed by atoms with Crippen LogP contribution in [0.5, 0.6) is 0 Å². The number of aliphatic hydroxyl groups excluding tert-OH is 2. The molecule has 412 valence electrons. The molecule has 19 nitrogen and oxygen atoms in total. The lowest BCUT2D eigenvalue weighted by molar-refractivity contribution is -0.151. The number of aliphatic hydroxyl groups is 2. The summed E-state index contributed by atoms with van der Waals surface area (Å²) in [5.74, 6) is -5.19. The normalized spacial score (nSPS) is 12.4. The third-order valence-corrected chi connectivity index (χ3v) is 11.2. The molecule has 0 radical (unpaired) electrons. The molecule has 0 spiro atoms. The molecule has 4 aromatic carbocycles. The number of likely N-dealkylation sites (tertiary alicyclic amines) is 1. The number of aromatic amines is 1. The van der Waals surface area contributed by atoms with Gasteiger partial charge in [0.25, 0.3) is 17.5 Å². The molecule has 0 saturated carbocycles. The second-order valence-electron chi connectivity index (χ2n) is 17.1. The molecule has 23 heteroatoms. The Balaban J connectivity index is 0.000000170. The van der Waals surface area contributed by atoms with Gasteiger partial charge in [-0.05, 0) is 108 Å². The average Bonchev–Trinajstić information content (AvgIpc) is 4.35. The van der Waals surface area contributed by atoms with Gasteiger partial charge in [-0.25, -0.2) is 22.4 Å². The van der Waals surface area contributed by atoms with Gasteiger partial charge >= 0.3 is 5.97 Å². The van der Waals surface area contributed by atoms with E-state index in [9.17, 15) is 51.7 Å². The Bertz CT molecular complexity index is 3480. The largest absolute Gasteiger partial charge is 0.506 e. The summed E-state index contributed by atoms with van der Waals surface area (Å²) in [5, 5.41) is 42.9. The summed E-state index contributed by atoms with van der Waals surface area (Å²) in [4.78, 5) is 58.8. The molecule has 0 atom stereocenters. The van der Waals surface area contributed by atoms with Crippen LogP contribution >= 0.6 is 0 Å². The van der Waals surface area contributed by atoms with Crippen molar-refractivity contribution in [3.8, 4) is 0 Å². The van der Waals surface area contributed by atoms with Crippen molar-refractivity contribution in [2.24, 2.45) is 0 Å². The Hall–Kier alpha value is -10.3. The Morgan fingerprint density at radius 3 is 1.44 bits per heavy atom. The fourth-order valence-electron chi connectivity index (χ4n) is 7.25. The van der Waals surface area contributed by atoms with Crippen molar-refractivity contribution in [3.63, 3.8) is 0 Å². The first-order chi connectivity index (χ1) is 38.5. The van der Waals surface area contributed by atoms with E-state index in [1.54, 1.807) is 102 Å². The van der Waals surface area contributed by atoms with Crippen LogP contribution in [0.2, 0.25) is 0 Å². The quantitative estimate of drug-likeness (QED) is 0.0233. The summed E-state index contributed by atoms with van der Waals surface area (Å²) in [5.41, 5.74) is 4.72. The number of halogens is 4. The minimum absolute atomic E-state index is 0.0281. The van der Waals surface area contributed by atoms with Crippen LogP contribution in [0, 0.1) is 23.3 Å². The Morgan fingerprint density at radius 2 is 1.05 bits per heavy atom. The molecule has 1 amide bonds. The minimum Gasteiger partial charge on any atom is -0.506 e. The number of benzene rings is 4. The lowest BCUT2D eigenvalue weighted by atomic mass is 10.1. The molecule has 5 aromatic heterocycles. The van der Waals surface area contributed by atoms with E-state index in [2.05, 4.69) is 35.3 Å². The van der Waals surface area contributed by atoms with Crippen LogP contribution in [-0.4, -0.2) is 114 Å². The van der Waals surface area contributed by atoms with Gasteiger partial charge in [-0.15, -0.1) is 0 Å². The van der Waals surface area contributed by atoms with Gasteiger partial charge in [-0.3, -0.25) is 43.0 Å². The van der Waals surface area contributed by atoms with E-state index < -0.39 is 29.2 Å². The molecule has 0 unspecified atom stereocenters. The van der Waals surface area contributed by atoms with E-state index in [0.717, 1.165) is 28.3 Å².